The second-order valence-electron chi connectivity index (χ2n) is 5.51. The topological polar surface area (TPSA) is 90.9 Å². The number of sulfone groups is 1. The number of amides is 1. The van der Waals surface area contributed by atoms with Crippen molar-refractivity contribution in [3.8, 4) is 0 Å². The van der Waals surface area contributed by atoms with E-state index in [0.717, 1.165) is 32.5 Å². The van der Waals surface area contributed by atoms with Gasteiger partial charge in [0.1, 0.15) is 9.84 Å². The zero-order valence-corrected chi connectivity index (χ0v) is 17.2. The minimum Gasteiger partial charge on any atom is -0.357 e. The number of aliphatic imine (C=N–C) groups is 1. The van der Waals surface area contributed by atoms with Gasteiger partial charge in [-0.3, -0.25) is 9.79 Å². The van der Waals surface area contributed by atoms with Gasteiger partial charge in [-0.1, -0.05) is 0 Å². The molecule has 1 rings (SSSR count). The molecule has 9 heteroatoms. The van der Waals surface area contributed by atoms with E-state index in [1.807, 2.05) is 11.8 Å². The van der Waals surface area contributed by atoms with Crippen LogP contribution in [0.25, 0.3) is 0 Å². The van der Waals surface area contributed by atoms with Gasteiger partial charge in [-0.2, -0.15) is 0 Å². The third-order valence-electron chi connectivity index (χ3n) is 3.36. The van der Waals surface area contributed by atoms with Gasteiger partial charge in [0.15, 0.2) is 5.96 Å². The Hall–Kier alpha value is -0.580. The molecule has 0 atom stereocenters. The van der Waals surface area contributed by atoms with Gasteiger partial charge < -0.3 is 15.5 Å². The molecule has 0 unspecified atom stereocenters. The van der Waals surface area contributed by atoms with E-state index in [-0.39, 0.29) is 35.6 Å². The number of hydrogen-bond donors (Lipinski definition) is 2. The lowest BCUT2D eigenvalue weighted by atomic mass is 10.4. The third-order valence-corrected chi connectivity index (χ3v) is 4.39. The summed E-state index contributed by atoms with van der Waals surface area (Å²) in [4.78, 5) is 17.8. The van der Waals surface area contributed by atoms with Crippen LogP contribution < -0.4 is 10.6 Å². The molecule has 1 aliphatic heterocycles. The third kappa shape index (κ3) is 10.7. The fourth-order valence-electron chi connectivity index (χ4n) is 2.28. The molecule has 136 valence electrons. The standard InChI is InChI=1S/C14H28N4O3S.HI/c1-3-15-14(17-9-6-12-22(2,20)21)16-8-5-11-18-10-4-7-13(18)19;/h3-12H2,1-2H3,(H2,15,16,17);1H. The van der Waals surface area contributed by atoms with Crippen molar-refractivity contribution < 1.29 is 13.2 Å². The van der Waals surface area contributed by atoms with E-state index < -0.39 is 9.84 Å². The fourth-order valence-corrected chi connectivity index (χ4v) is 2.94. The summed E-state index contributed by atoms with van der Waals surface area (Å²) in [5, 5.41) is 6.25. The minimum atomic E-state index is -2.91. The van der Waals surface area contributed by atoms with Crippen LogP contribution in [-0.4, -0.2) is 69.9 Å². The summed E-state index contributed by atoms with van der Waals surface area (Å²) in [7, 11) is -2.91. The van der Waals surface area contributed by atoms with Gasteiger partial charge in [-0.15, -0.1) is 24.0 Å². The highest BCUT2D eigenvalue weighted by Crippen LogP contribution is 2.09. The number of nitrogens with zero attached hydrogens (tertiary/aromatic N) is 2. The van der Waals surface area contributed by atoms with Gasteiger partial charge in [0.2, 0.25) is 5.91 Å². The number of halogens is 1. The number of nitrogens with one attached hydrogen (secondary N) is 2. The van der Waals surface area contributed by atoms with Crippen LogP contribution in [-0.2, 0) is 14.6 Å². The predicted octanol–water partition coefficient (Wildman–Crippen LogP) is 0.607. The summed E-state index contributed by atoms with van der Waals surface area (Å²) in [6.45, 7) is 5.58. The van der Waals surface area contributed by atoms with E-state index in [1.54, 1.807) is 0 Å². The first-order valence-electron chi connectivity index (χ1n) is 7.90. The molecule has 0 spiro atoms. The molecular formula is C14H29IN4O3S. The molecule has 1 fully saturated rings. The summed E-state index contributed by atoms with van der Waals surface area (Å²) in [5.41, 5.74) is 0. The average Bonchev–Trinajstić information content (AvgIpc) is 2.84. The lowest BCUT2D eigenvalue weighted by Gasteiger charge is -2.15. The Morgan fingerprint density at radius 1 is 1.30 bits per heavy atom. The SMILES string of the molecule is CCNC(=NCCCN1CCCC1=O)NCCCS(C)(=O)=O.I. The smallest absolute Gasteiger partial charge is 0.222 e. The first-order valence-corrected chi connectivity index (χ1v) is 9.96. The molecule has 2 N–H and O–H groups in total. The number of carbonyl (C=O) groups excluding carboxylic acids is 1. The maximum atomic E-state index is 11.5. The maximum Gasteiger partial charge on any atom is 0.222 e. The van der Waals surface area contributed by atoms with Crippen LogP contribution in [0.15, 0.2) is 4.99 Å². The van der Waals surface area contributed by atoms with Crippen molar-refractivity contribution >= 4 is 45.7 Å². The molecule has 1 heterocycles. The zero-order valence-electron chi connectivity index (χ0n) is 14.0. The fraction of sp³-hybridized carbons (Fsp3) is 0.857. The van der Waals surface area contributed by atoms with Crippen molar-refractivity contribution in [2.24, 2.45) is 4.99 Å². The van der Waals surface area contributed by atoms with E-state index in [9.17, 15) is 13.2 Å². The van der Waals surface area contributed by atoms with Crippen molar-refractivity contribution in [2.75, 3.05) is 44.7 Å². The number of rotatable bonds is 9. The van der Waals surface area contributed by atoms with Gasteiger partial charge in [0.25, 0.3) is 0 Å². The molecule has 0 aromatic carbocycles. The molecule has 0 bridgehead atoms. The highest BCUT2D eigenvalue weighted by Gasteiger charge is 2.18. The minimum absolute atomic E-state index is 0. The summed E-state index contributed by atoms with van der Waals surface area (Å²) in [6, 6.07) is 0. The van der Waals surface area contributed by atoms with E-state index in [0.29, 0.717) is 31.9 Å². The predicted molar refractivity (Wildman–Crippen MR) is 104 cm³/mol. The number of hydrogen-bond acceptors (Lipinski definition) is 4. The van der Waals surface area contributed by atoms with Crippen LogP contribution in [0, 0.1) is 0 Å². The zero-order chi connectivity index (χ0) is 16.4. The first kappa shape index (κ1) is 22.4. The van der Waals surface area contributed by atoms with E-state index in [4.69, 9.17) is 0 Å². The molecule has 0 aromatic heterocycles. The van der Waals surface area contributed by atoms with Crippen LogP contribution in [0.4, 0.5) is 0 Å². The van der Waals surface area contributed by atoms with Gasteiger partial charge in [0, 0.05) is 45.4 Å². The Bertz CT molecular complexity index is 482. The summed E-state index contributed by atoms with van der Waals surface area (Å²) in [5.74, 6) is 1.12. The highest BCUT2D eigenvalue weighted by atomic mass is 127. The normalized spacial score (nSPS) is 15.5. The van der Waals surface area contributed by atoms with Gasteiger partial charge in [-0.05, 0) is 26.2 Å². The summed E-state index contributed by atoms with van der Waals surface area (Å²) >= 11 is 0. The number of likely N-dealkylation sites (tertiary alicyclic amines) is 1. The van der Waals surface area contributed by atoms with Crippen molar-refractivity contribution in [3.63, 3.8) is 0 Å². The lowest BCUT2D eigenvalue weighted by molar-refractivity contribution is -0.127. The summed E-state index contributed by atoms with van der Waals surface area (Å²) in [6.07, 6.45) is 4.28. The Kier molecular flexibility index (Phi) is 11.6. The van der Waals surface area contributed by atoms with Crippen molar-refractivity contribution in [1.82, 2.24) is 15.5 Å². The average molecular weight is 460 g/mol. The maximum absolute atomic E-state index is 11.5. The monoisotopic (exact) mass is 460 g/mol. The van der Waals surface area contributed by atoms with E-state index in [2.05, 4.69) is 15.6 Å². The quantitative estimate of drug-likeness (QED) is 0.228. The van der Waals surface area contributed by atoms with E-state index in [1.165, 1.54) is 6.26 Å². The van der Waals surface area contributed by atoms with Crippen LogP contribution in [0.2, 0.25) is 0 Å². The van der Waals surface area contributed by atoms with Crippen molar-refractivity contribution in [1.29, 1.82) is 0 Å². The Morgan fingerprint density at radius 2 is 2.04 bits per heavy atom. The highest BCUT2D eigenvalue weighted by molar-refractivity contribution is 14.0. The van der Waals surface area contributed by atoms with Crippen LogP contribution >= 0.6 is 24.0 Å². The largest absolute Gasteiger partial charge is 0.357 e. The van der Waals surface area contributed by atoms with Crippen LogP contribution in [0.3, 0.4) is 0 Å². The molecule has 0 radical (unpaired) electrons. The molecule has 0 aromatic rings. The van der Waals surface area contributed by atoms with Crippen LogP contribution in [0.5, 0.6) is 0 Å². The molecule has 7 nitrogen and oxygen atoms in total. The second-order valence-corrected chi connectivity index (χ2v) is 7.77. The van der Waals surface area contributed by atoms with Gasteiger partial charge in [-0.25, -0.2) is 8.42 Å². The number of guanidine groups is 1. The molecule has 0 aliphatic carbocycles. The van der Waals surface area contributed by atoms with Crippen LogP contribution in [0.1, 0.15) is 32.6 Å². The number of carbonyl (C=O) groups is 1. The molecule has 1 amide bonds. The first-order chi connectivity index (χ1) is 10.4. The molecule has 23 heavy (non-hydrogen) atoms. The van der Waals surface area contributed by atoms with Crippen molar-refractivity contribution in [3.05, 3.63) is 0 Å². The Morgan fingerprint density at radius 3 is 2.61 bits per heavy atom. The Labute approximate surface area is 156 Å². The lowest BCUT2D eigenvalue weighted by Crippen LogP contribution is -2.38. The van der Waals surface area contributed by atoms with E-state index >= 15 is 0 Å². The molecular weight excluding hydrogens is 431 g/mol. The molecule has 0 saturated carbocycles. The molecule has 1 aliphatic rings. The molecule has 1 saturated heterocycles. The second kappa shape index (κ2) is 11.9. The Balaban J connectivity index is 0.00000484. The van der Waals surface area contributed by atoms with Gasteiger partial charge in [0.05, 0.1) is 5.75 Å². The summed E-state index contributed by atoms with van der Waals surface area (Å²) < 4.78 is 22.1. The van der Waals surface area contributed by atoms with Crippen molar-refractivity contribution in [2.45, 2.75) is 32.6 Å². The van der Waals surface area contributed by atoms with Gasteiger partial charge >= 0.3 is 0 Å².